The SMILES string of the molecule is CCSc1oc2c([C@@H](C)Nc3ccc(F)c(F)c3C)cc(C)cc2c(=O)c1C. The lowest BCUT2D eigenvalue weighted by molar-refractivity contribution is 0.488. The van der Waals surface area contributed by atoms with E-state index >= 15 is 0 Å². The van der Waals surface area contributed by atoms with Gasteiger partial charge in [0.2, 0.25) is 0 Å². The quantitative estimate of drug-likeness (QED) is 0.509. The van der Waals surface area contributed by atoms with E-state index in [9.17, 15) is 13.6 Å². The number of halogens is 2. The number of thioether (sulfide) groups is 1. The van der Waals surface area contributed by atoms with Crippen LogP contribution in [-0.2, 0) is 0 Å². The van der Waals surface area contributed by atoms with Gasteiger partial charge in [-0.15, -0.1) is 0 Å². The summed E-state index contributed by atoms with van der Waals surface area (Å²) in [6.45, 7) is 9.13. The van der Waals surface area contributed by atoms with E-state index in [0.717, 1.165) is 22.9 Å². The van der Waals surface area contributed by atoms with Crippen LogP contribution in [0.2, 0.25) is 0 Å². The highest BCUT2D eigenvalue weighted by molar-refractivity contribution is 7.99. The molecule has 0 amide bonds. The first kappa shape index (κ1) is 20.4. The average molecular weight is 403 g/mol. The summed E-state index contributed by atoms with van der Waals surface area (Å²) in [5.41, 5.74) is 3.53. The Hall–Kier alpha value is -2.34. The molecule has 1 heterocycles. The number of rotatable bonds is 5. The van der Waals surface area contributed by atoms with E-state index in [1.165, 1.54) is 24.8 Å². The predicted molar refractivity (Wildman–Crippen MR) is 111 cm³/mol. The Bertz CT molecular complexity index is 1110. The first-order valence-electron chi connectivity index (χ1n) is 9.16. The molecule has 0 aliphatic heterocycles. The largest absolute Gasteiger partial charge is 0.449 e. The lowest BCUT2D eigenvalue weighted by Crippen LogP contribution is -2.13. The second-order valence-corrected chi connectivity index (χ2v) is 8.14. The van der Waals surface area contributed by atoms with E-state index in [1.807, 2.05) is 32.9 Å². The summed E-state index contributed by atoms with van der Waals surface area (Å²) in [7, 11) is 0. The molecule has 0 spiro atoms. The summed E-state index contributed by atoms with van der Waals surface area (Å²) in [5.74, 6) is -0.951. The molecule has 0 radical (unpaired) electrons. The summed E-state index contributed by atoms with van der Waals surface area (Å²) < 4.78 is 33.5. The third-order valence-corrected chi connectivity index (χ3v) is 5.74. The van der Waals surface area contributed by atoms with Crippen molar-refractivity contribution >= 4 is 28.4 Å². The molecule has 28 heavy (non-hydrogen) atoms. The van der Waals surface area contributed by atoms with Gasteiger partial charge in [0, 0.05) is 22.4 Å². The van der Waals surface area contributed by atoms with Gasteiger partial charge < -0.3 is 9.73 Å². The Labute approximate surface area is 167 Å². The van der Waals surface area contributed by atoms with Gasteiger partial charge in [-0.3, -0.25) is 4.79 Å². The number of hydrogen-bond donors (Lipinski definition) is 1. The average Bonchev–Trinajstić information content (AvgIpc) is 2.66. The molecule has 0 fully saturated rings. The van der Waals surface area contributed by atoms with Gasteiger partial charge in [-0.25, -0.2) is 8.78 Å². The van der Waals surface area contributed by atoms with Gasteiger partial charge >= 0.3 is 0 Å². The molecule has 0 saturated heterocycles. The van der Waals surface area contributed by atoms with Crippen LogP contribution in [0.5, 0.6) is 0 Å². The van der Waals surface area contributed by atoms with Crippen LogP contribution in [0.1, 0.15) is 42.1 Å². The molecule has 0 aliphatic carbocycles. The van der Waals surface area contributed by atoms with Crippen molar-refractivity contribution in [2.45, 2.75) is 45.8 Å². The third-order valence-electron chi connectivity index (χ3n) is 4.80. The number of benzene rings is 2. The molecule has 0 aliphatic rings. The number of hydrogen-bond acceptors (Lipinski definition) is 4. The minimum atomic E-state index is -0.876. The molecule has 1 N–H and O–H groups in total. The zero-order valence-corrected chi connectivity index (χ0v) is 17.4. The molecule has 3 aromatic rings. The second kappa shape index (κ2) is 7.95. The van der Waals surface area contributed by atoms with E-state index in [1.54, 1.807) is 6.92 Å². The predicted octanol–water partition coefficient (Wildman–Crippen LogP) is 6.28. The van der Waals surface area contributed by atoms with E-state index in [0.29, 0.717) is 27.3 Å². The fraction of sp³-hybridized carbons (Fsp3) is 0.318. The highest BCUT2D eigenvalue weighted by Gasteiger charge is 2.19. The number of anilines is 1. The molecular weight excluding hydrogens is 380 g/mol. The number of nitrogens with one attached hydrogen (secondary N) is 1. The van der Waals surface area contributed by atoms with Crippen LogP contribution in [0, 0.1) is 32.4 Å². The molecule has 1 aromatic heterocycles. The molecule has 0 saturated carbocycles. The highest BCUT2D eigenvalue weighted by Crippen LogP contribution is 2.32. The van der Waals surface area contributed by atoms with Crippen LogP contribution in [0.4, 0.5) is 14.5 Å². The maximum atomic E-state index is 13.9. The van der Waals surface area contributed by atoms with Gasteiger partial charge in [-0.2, -0.15) is 0 Å². The number of aryl methyl sites for hydroxylation is 1. The normalized spacial score (nSPS) is 12.4. The van der Waals surface area contributed by atoms with Gasteiger partial charge in [0.25, 0.3) is 0 Å². The van der Waals surface area contributed by atoms with Crippen molar-refractivity contribution in [1.29, 1.82) is 0 Å². The molecule has 0 unspecified atom stereocenters. The molecular formula is C22H23F2NO2S. The lowest BCUT2D eigenvalue weighted by Gasteiger charge is -2.20. The monoisotopic (exact) mass is 403 g/mol. The fourth-order valence-corrected chi connectivity index (χ4v) is 3.97. The topological polar surface area (TPSA) is 42.2 Å². The first-order chi connectivity index (χ1) is 13.2. The zero-order valence-electron chi connectivity index (χ0n) is 16.6. The van der Waals surface area contributed by atoms with E-state index in [4.69, 9.17) is 4.42 Å². The summed E-state index contributed by atoms with van der Waals surface area (Å²) >= 11 is 1.49. The van der Waals surface area contributed by atoms with Gasteiger partial charge in [0.1, 0.15) is 5.58 Å². The minimum absolute atomic E-state index is 0.0432. The van der Waals surface area contributed by atoms with Crippen LogP contribution in [0.3, 0.4) is 0 Å². The Morgan fingerprint density at radius 1 is 1.14 bits per heavy atom. The Morgan fingerprint density at radius 3 is 2.54 bits per heavy atom. The van der Waals surface area contributed by atoms with E-state index < -0.39 is 11.6 Å². The van der Waals surface area contributed by atoms with Gasteiger partial charge in [0.15, 0.2) is 22.2 Å². The van der Waals surface area contributed by atoms with Crippen LogP contribution in [0.15, 0.2) is 38.6 Å². The van der Waals surface area contributed by atoms with Crippen molar-refractivity contribution in [1.82, 2.24) is 0 Å². The minimum Gasteiger partial charge on any atom is -0.449 e. The Morgan fingerprint density at radius 2 is 1.86 bits per heavy atom. The van der Waals surface area contributed by atoms with Gasteiger partial charge in [-0.05, 0) is 57.2 Å². The standard InChI is InChI=1S/C22H23F2NO2S/c1-6-28-22-13(4)20(26)16-10-11(2)9-15(21(16)27-22)14(5)25-18-8-7-17(23)19(24)12(18)3/h7-10,14,25H,6H2,1-5H3/t14-/m1/s1. The Balaban J connectivity index is 2.14. The van der Waals surface area contributed by atoms with Crippen molar-refractivity contribution in [3.05, 3.63) is 68.4 Å². The summed E-state index contributed by atoms with van der Waals surface area (Å²) in [6, 6.07) is 6.12. The van der Waals surface area contributed by atoms with Crippen LogP contribution >= 0.6 is 11.8 Å². The van der Waals surface area contributed by atoms with Gasteiger partial charge in [-0.1, -0.05) is 24.8 Å². The van der Waals surface area contributed by atoms with Gasteiger partial charge in [0.05, 0.1) is 11.4 Å². The second-order valence-electron chi connectivity index (χ2n) is 6.91. The molecule has 0 bridgehead atoms. The first-order valence-corrected chi connectivity index (χ1v) is 10.1. The maximum absolute atomic E-state index is 13.9. The van der Waals surface area contributed by atoms with E-state index in [2.05, 4.69) is 5.32 Å². The summed E-state index contributed by atoms with van der Waals surface area (Å²) in [5, 5.41) is 4.37. The number of fused-ring (bicyclic) bond motifs is 1. The molecule has 3 rings (SSSR count). The summed E-state index contributed by atoms with van der Waals surface area (Å²) in [4.78, 5) is 12.9. The van der Waals surface area contributed by atoms with E-state index in [-0.39, 0.29) is 17.0 Å². The van der Waals surface area contributed by atoms with Crippen LogP contribution < -0.4 is 10.7 Å². The molecule has 2 aromatic carbocycles. The molecule has 6 heteroatoms. The Kier molecular flexibility index (Phi) is 5.79. The fourth-order valence-electron chi connectivity index (χ4n) is 3.26. The smallest absolute Gasteiger partial charge is 0.196 e. The summed E-state index contributed by atoms with van der Waals surface area (Å²) in [6.07, 6.45) is 0. The zero-order chi connectivity index (χ0) is 20.6. The molecule has 1 atom stereocenters. The third kappa shape index (κ3) is 3.65. The van der Waals surface area contributed by atoms with Crippen molar-refractivity contribution in [2.75, 3.05) is 11.1 Å². The lowest BCUT2D eigenvalue weighted by atomic mass is 10.00. The van der Waals surface area contributed by atoms with Crippen molar-refractivity contribution in [3.63, 3.8) is 0 Å². The van der Waals surface area contributed by atoms with Crippen molar-refractivity contribution in [3.8, 4) is 0 Å². The highest BCUT2D eigenvalue weighted by atomic mass is 32.2. The molecule has 148 valence electrons. The van der Waals surface area contributed by atoms with Crippen LogP contribution in [0.25, 0.3) is 11.0 Å². The molecule has 3 nitrogen and oxygen atoms in total. The van der Waals surface area contributed by atoms with Crippen LogP contribution in [-0.4, -0.2) is 5.75 Å². The maximum Gasteiger partial charge on any atom is 0.196 e. The van der Waals surface area contributed by atoms with Crippen molar-refractivity contribution < 1.29 is 13.2 Å². The van der Waals surface area contributed by atoms with Crippen molar-refractivity contribution in [2.24, 2.45) is 0 Å².